The molecule has 0 aliphatic carbocycles. The molecule has 0 aliphatic rings. The van der Waals surface area contributed by atoms with E-state index in [1.165, 1.54) is 0 Å². The lowest BCUT2D eigenvalue weighted by Crippen LogP contribution is -2.19. The van der Waals surface area contributed by atoms with E-state index in [1.54, 1.807) is 27.7 Å². The summed E-state index contributed by atoms with van der Waals surface area (Å²) >= 11 is 0. The molecule has 6 heteroatoms. The summed E-state index contributed by atoms with van der Waals surface area (Å²) in [6.45, 7) is 4.22. The molecule has 1 rings (SSSR count). The summed E-state index contributed by atoms with van der Waals surface area (Å²) < 4.78 is 0.0613. The molecule has 0 atom stereocenters. The van der Waals surface area contributed by atoms with Crippen LogP contribution in [0, 0.1) is 0 Å². The van der Waals surface area contributed by atoms with Crippen molar-refractivity contribution >= 4 is 33.2 Å². The second-order valence-electron chi connectivity index (χ2n) is 5.73. The van der Waals surface area contributed by atoms with Crippen molar-refractivity contribution in [3.8, 4) is 0 Å². The summed E-state index contributed by atoms with van der Waals surface area (Å²) in [5, 5.41) is 21.2. The maximum absolute atomic E-state index is 12.1. The molecule has 4 nitrogen and oxygen atoms in total. The second-order valence-corrected chi connectivity index (χ2v) is 8.83. The van der Waals surface area contributed by atoms with Gasteiger partial charge in [0.15, 0.2) is 0 Å². The average Bonchev–Trinajstić information content (AvgIpc) is 2.45. The first-order valence-corrected chi connectivity index (χ1v) is 9.82. The van der Waals surface area contributed by atoms with Gasteiger partial charge in [-0.1, -0.05) is 27.7 Å². The van der Waals surface area contributed by atoms with Crippen LogP contribution in [0.4, 0.5) is 5.69 Å². The van der Waals surface area contributed by atoms with E-state index in [4.69, 9.17) is 5.11 Å². The van der Waals surface area contributed by atoms with Gasteiger partial charge in [0, 0.05) is 23.5 Å². The largest absolute Gasteiger partial charge is 0.396 e. The molecular weight excluding hydrogens is 318 g/mol. The number of rotatable bonds is 9. The van der Waals surface area contributed by atoms with Crippen molar-refractivity contribution in [2.45, 2.75) is 44.5 Å². The summed E-state index contributed by atoms with van der Waals surface area (Å²) in [7, 11) is 3.48. The van der Waals surface area contributed by atoms with Gasteiger partial charge in [-0.3, -0.25) is 4.79 Å². The zero-order chi connectivity index (χ0) is 16.6. The number of aliphatic hydroxyl groups excluding tert-OH is 2. The van der Waals surface area contributed by atoms with Crippen LogP contribution >= 0.6 is 21.6 Å². The number of hydrogen-bond donors (Lipinski definition) is 3. The molecule has 3 N–H and O–H groups in total. The first kappa shape index (κ1) is 19.4. The van der Waals surface area contributed by atoms with Gasteiger partial charge in [0.05, 0.1) is 6.61 Å². The van der Waals surface area contributed by atoms with Crippen LogP contribution in [0.1, 0.15) is 37.8 Å². The van der Waals surface area contributed by atoms with Crippen molar-refractivity contribution < 1.29 is 15.0 Å². The zero-order valence-electron chi connectivity index (χ0n) is 13.4. The maximum atomic E-state index is 12.1. The number of amides is 1. The lowest BCUT2D eigenvalue weighted by Gasteiger charge is -2.22. The topological polar surface area (TPSA) is 69.6 Å². The van der Waals surface area contributed by atoms with Gasteiger partial charge in [0.2, 0.25) is 5.91 Å². The lowest BCUT2D eigenvalue weighted by atomic mass is 10.1. The van der Waals surface area contributed by atoms with Gasteiger partial charge in [-0.15, -0.1) is 0 Å². The molecule has 1 aromatic rings. The molecule has 0 radical (unpaired) electrons. The molecule has 22 heavy (non-hydrogen) atoms. The molecule has 0 fully saturated rings. The molecule has 0 aromatic heterocycles. The molecule has 124 valence electrons. The predicted octanol–water partition coefficient (Wildman–Crippen LogP) is 3.22. The molecule has 1 aromatic carbocycles. The molecule has 0 spiro atoms. The number of benzene rings is 1. The highest BCUT2D eigenvalue weighted by Crippen LogP contribution is 2.37. The van der Waals surface area contributed by atoms with Crippen molar-refractivity contribution in [1.29, 1.82) is 0 Å². The Morgan fingerprint density at radius 1 is 1.23 bits per heavy atom. The summed E-state index contributed by atoms with van der Waals surface area (Å²) in [5.41, 5.74) is 2.32. The highest BCUT2D eigenvalue weighted by Gasteiger charge is 2.19. The molecule has 1 amide bonds. The van der Waals surface area contributed by atoms with E-state index in [2.05, 4.69) is 19.2 Å². The number of anilines is 1. The second kappa shape index (κ2) is 9.45. The zero-order valence-corrected chi connectivity index (χ0v) is 15.0. The van der Waals surface area contributed by atoms with Gasteiger partial charge in [-0.05, 0) is 56.2 Å². The molecule has 0 saturated heterocycles. The van der Waals surface area contributed by atoms with Crippen LogP contribution < -0.4 is 5.32 Å². The fraction of sp³-hybridized carbons (Fsp3) is 0.562. The van der Waals surface area contributed by atoms with E-state index in [0.29, 0.717) is 18.5 Å². The summed E-state index contributed by atoms with van der Waals surface area (Å²) in [5.74, 6) is -0.0279. The Hall–Kier alpha value is -0.690. The minimum absolute atomic E-state index is 0.0279. The van der Waals surface area contributed by atoms with Gasteiger partial charge in [0.1, 0.15) is 0 Å². The van der Waals surface area contributed by atoms with E-state index in [-0.39, 0.29) is 23.9 Å². The summed E-state index contributed by atoms with van der Waals surface area (Å²) in [6, 6.07) is 5.44. The first-order valence-electron chi connectivity index (χ1n) is 7.26. The number of carbonyl (C=O) groups is 1. The first-order chi connectivity index (χ1) is 10.4. The Morgan fingerprint density at radius 3 is 2.50 bits per heavy atom. The van der Waals surface area contributed by atoms with Gasteiger partial charge in [0.25, 0.3) is 0 Å². The summed E-state index contributed by atoms with van der Waals surface area (Å²) in [6.07, 6.45) is 3.80. The number of nitrogens with one attached hydrogen (secondary N) is 1. The van der Waals surface area contributed by atoms with Crippen molar-refractivity contribution in [1.82, 2.24) is 0 Å². The SMILES string of the molecule is CSSC(C)(C)CCC(=O)Nc1cc(CO)cc(CCO)c1. The van der Waals surface area contributed by atoms with Crippen LogP contribution in [0.25, 0.3) is 0 Å². The van der Waals surface area contributed by atoms with Crippen molar-refractivity contribution in [2.24, 2.45) is 0 Å². The molecule has 0 heterocycles. The average molecular weight is 344 g/mol. The van der Waals surface area contributed by atoms with Gasteiger partial charge < -0.3 is 15.5 Å². The van der Waals surface area contributed by atoms with Crippen LogP contribution in [-0.4, -0.2) is 33.7 Å². The Bertz CT molecular complexity index is 492. The lowest BCUT2D eigenvalue weighted by molar-refractivity contribution is -0.116. The molecule has 0 saturated carbocycles. The van der Waals surface area contributed by atoms with Crippen LogP contribution in [-0.2, 0) is 17.8 Å². The van der Waals surface area contributed by atoms with Crippen LogP contribution in [0.3, 0.4) is 0 Å². The van der Waals surface area contributed by atoms with Crippen molar-refractivity contribution in [3.05, 3.63) is 29.3 Å². The highest BCUT2D eigenvalue weighted by atomic mass is 33.1. The Kier molecular flexibility index (Phi) is 8.31. The van der Waals surface area contributed by atoms with Crippen molar-refractivity contribution in [3.63, 3.8) is 0 Å². The van der Waals surface area contributed by atoms with Crippen LogP contribution in [0.5, 0.6) is 0 Å². The predicted molar refractivity (Wildman–Crippen MR) is 96.2 cm³/mol. The molecule has 0 aliphatic heterocycles. The minimum Gasteiger partial charge on any atom is -0.396 e. The van der Waals surface area contributed by atoms with E-state index < -0.39 is 0 Å². The standard InChI is InChI=1S/C16H25NO3S2/c1-16(2,22-21-3)6-4-15(20)17-14-9-12(5-7-18)8-13(10-14)11-19/h8-10,18-19H,4-7,11H2,1-3H3,(H,17,20). The smallest absolute Gasteiger partial charge is 0.224 e. The summed E-state index contributed by atoms with van der Waals surface area (Å²) in [4.78, 5) is 12.1. The third kappa shape index (κ3) is 7.05. The third-order valence-electron chi connectivity index (χ3n) is 3.18. The van der Waals surface area contributed by atoms with E-state index in [9.17, 15) is 9.90 Å². The Morgan fingerprint density at radius 2 is 1.91 bits per heavy atom. The number of carbonyl (C=O) groups excluding carboxylic acids is 1. The maximum Gasteiger partial charge on any atom is 0.224 e. The monoisotopic (exact) mass is 343 g/mol. The van der Waals surface area contributed by atoms with E-state index in [1.807, 2.05) is 18.4 Å². The molecule has 0 unspecified atom stereocenters. The number of hydrogen-bond acceptors (Lipinski definition) is 5. The van der Waals surface area contributed by atoms with Gasteiger partial charge >= 0.3 is 0 Å². The number of aliphatic hydroxyl groups is 2. The fourth-order valence-corrected chi connectivity index (χ4v) is 4.34. The van der Waals surface area contributed by atoms with Crippen molar-refractivity contribution in [2.75, 3.05) is 18.2 Å². The van der Waals surface area contributed by atoms with Gasteiger partial charge in [-0.2, -0.15) is 0 Å². The molecular formula is C16H25NO3S2. The third-order valence-corrected chi connectivity index (χ3v) is 5.86. The van der Waals surface area contributed by atoms with Gasteiger partial charge in [-0.25, -0.2) is 0 Å². The quantitative estimate of drug-likeness (QED) is 0.601. The Labute approximate surface area is 140 Å². The normalized spacial score (nSPS) is 11.5. The molecule has 0 bridgehead atoms. The van der Waals surface area contributed by atoms with Crippen LogP contribution in [0.2, 0.25) is 0 Å². The highest BCUT2D eigenvalue weighted by molar-refractivity contribution is 8.76. The van der Waals surface area contributed by atoms with E-state index in [0.717, 1.165) is 17.5 Å². The van der Waals surface area contributed by atoms with E-state index >= 15 is 0 Å². The fourth-order valence-electron chi connectivity index (χ4n) is 2.10. The Balaban J connectivity index is 2.65. The minimum atomic E-state index is -0.0838. The van der Waals surface area contributed by atoms with Crippen LogP contribution in [0.15, 0.2) is 18.2 Å².